The number of aromatic nitrogens is 4. The third-order valence-corrected chi connectivity index (χ3v) is 3.70. The lowest BCUT2D eigenvalue weighted by Crippen LogP contribution is -2.30. The Kier molecular flexibility index (Phi) is 6.30. The zero-order valence-corrected chi connectivity index (χ0v) is 14.4. The minimum Gasteiger partial charge on any atom is -0.384 e. The third-order valence-electron chi connectivity index (χ3n) is 3.70. The summed E-state index contributed by atoms with van der Waals surface area (Å²) in [4.78, 5) is 16.2. The lowest BCUT2D eigenvalue weighted by atomic mass is 10.1. The van der Waals surface area contributed by atoms with Gasteiger partial charge in [0.05, 0.1) is 31.8 Å². The summed E-state index contributed by atoms with van der Waals surface area (Å²) >= 11 is 0. The number of anilines is 1. The van der Waals surface area contributed by atoms with Crippen molar-refractivity contribution in [2.75, 3.05) is 19.0 Å². The average molecular weight is 336 g/mol. The molecule has 0 bridgehead atoms. The summed E-state index contributed by atoms with van der Waals surface area (Å²) in [5, 5.41) is 13.5. The van der Waals surface area contributed by atoms with E-state index in [-0.39, 0.29) is 18.6 Å². The highest BCUT2D eigenvalue weighted by molar-refractivity contribution is 5.88. The largest absolute Gasteiger partial charge is 0.384 e. The maximum Gasteiger partial charge on any atom is 0.320 e. The van der Waals surface area contributed by atoms with Crippen molar-refractivity contribution in [3.05, 3.63) is 24.0 Å². The van der Waals surface area contributed by atoms with Crippen molar-refractivity contribution in [1.82, 2.24) is 25.2 Å². The molecule has 9 heteroatoms. The molecule has 2 N–H and O–H groups in total. The zero-order chi connectivity index (χ0) is 17.5. The number of nitrogens with zero attached hydrogens (tertiary/aromatic N) is 4. The summed E-state index contributed by atoms with van der Waals surface area (Å²) in [6.07, 6.45) is 2.21. The van der Waals surface area contributed by atoms with Crippen LogP contribution in [-0.2, 0) is 17.7 Å². The van der Waals surface area contributed by atoms with Gasteiger partial charge in [0.1, 0.15) is 5.82 Å². The summed E-state index contributed by atoms with van der Waals surface area (Å²) in [6.45, 7) is 6.95. The second kappa shape index (κ2) is 8.44. The van der Waals surface area contributed by atoms with Crippen LogP contribution in [0.25, 0.3) is 0 Å². The Morgan fingerprint density at radius 2 is 2.21 bits per heavy atom. The first-order valence-corrected chi connectivity index (χ1v) is 7.90. The Balaban J connectivity index is 1.86. The van der Waals surface area contributed by atoms with Gasteiger partial charge in [-0.3, -0.25) is 5.32 Å². The van der Waals surface area contributed by atoms with Crippen LogP contribution in [0.2, 0.25) is 0 Å². The molecular weight excluding hydrogens is 312 g/mol. The van der Waals surface area contributed by atoms with E-state index in [1.807, 2.05) is 0 Å². The van der Waals surface area contributed by atoms with E-state index < -0.39 is 0 Å². The summed E-state index contributed by atoms with van der Waals surface area (Å²) in [7, 11) is 1.61. The predicted molar refractivity (Wildman–Crippen MR) is 87.5 cm³/mol. The predicted octanol–water partition coefficient (Wildman–Crippen LogP) is 1.99. The van der Waals surface area contributed by atoms with Gasteiger partial charge >= 0.3 is 6.03 Å². The molecule has 0 saturated heterocycles. The molecule has 0 aliphatic carbocycles. The Morgan fingerprint density at radius 1 is 1.42 bits per heavy atom. The smallest absolute Gasteiger partial charge is 0.320 e. The first kappa shape index (κ1) is 17.9. The van der Waals surface area contributed by atoms with Crippen LogP contribution in [-0.4, -0.2) is 39.7 Å². The highest BCUT2D eigenvalue weighted by Crippen LogP contribution is 2.20. The lowest BCUT2D eigenvalue weighted by Gasteiger charge is -2.19. The van der Waals surface area contributed by atoms with Gasteiger partial charge in [-0.1, -0.05) is 19.0 Å². The molecule has 0 saturated carbocycles. The molecular formula is C15H24N6O3. The van der Waals surface area contributed by atoms with Gasteiger partial charge in [0.25, 0.3) is 0 Å². The van der Waals surface area contributed by atoms with Crippen LogP contribution in [0.1, 0.15) is 38.5 Å². The van der Waals surface area contributed by atoms with E-state index in [2.05, 4.69) is 46.6 Å². The van der Waals surface area contributed by atoms with Crippen LogP contribution in [0.15, 0.2) is 16.8 Å². The van der Waals surface area contributed by atoms with E-state index in [0.717, 1.165) is 0 Å². The Morgan fingerprint density at radius 3 is 2.92 bits per heavy atom. The molecule has 0 radical (unpaired) electrons. The normalized spacial score (nSPS) is 12.4. The van der Waals surface area contributed by atoms with E-state index in [0.29, 0.717) is 36.5 Å². The van der Waals surface area contributed by atoms with Crippen LogP contribution < -0.4 is 10.6 Å². The number of ether oxygens (including phenoxy) is 1. The zero-order valence-electron chi connectivity index (χ0n) is 14.4. The monoisotopic (exact) mass is 336 g/mol. The molecule has 0 spiro atoms. The fourth-order valence-corrected chi connectivity index (χ4v) is 1.99. The lowest BCUT2D eigenvalue weighted by molar-refractivity contribution is 0.192. The highest BCUT2D eigenvalue weighted by atomic mass is 16.5. The van der Waals surface area contributed by atoms with Crippen LogP contribution in [0.5, 0.6) is 0 Å². The molecule has 132 valence electrons. The van der Waals surface area contributed by atoms with Crippen molar-refractivity contribution in [1.29, 1.82) is 0 Å². The molecule has 2 heterocycles. The minimum absolute atomic E-state index is 0.177. The van der Waals surface area contributed by atoms with Crippen LogP contribution in [0.4, 0.5) is 10.6 Å². The Hall–Kier alpha value is -2.42. The van der Waals surface area contributed by atoms with Crippen molar-refractivity contribution < 1.29 is 14.1 Å². The average Bonchev–Trinajstić information content (AvgIpc) is 3.19. The third kappa shape index (κ3) is 4.79. The van der Waals surface area contributed by atoms with Crippen LogP contribution in [0, 0.1) is 5.92 Å². The molecule has 9 nitrogen and oxygen atoms in total. The second-order valence-corrected chi connectivity index (χ2v) is 5.80. The number of carbonyl (C=O) groups is 1. The van der Waals surface area contributed by atoms with Gasteiger partial charge in [0, 0.05) is 13.2 Å². The molecule has 2 amide bonds. The number of hydrogen-bond donors (Lipinski definition) is 2. The molecule has 0 unspecified atom stereocenters. The Labute approximate surface area is 140 Å². The van der Waals surface area contributed by atoms with Gasteiger partial charge in [-0.15, -0.1) is 0 Å². The topological polar surface area (TPSA) is 107 Å². The molecule has 2 aromatic rings. The van der Waals surface area contributed by atoms with Gasteiger partial charge in [0.15, 0.2) is 5.82 Å². The van der Waals surface area contributed by atoms with Crippen molar-refractivity contribution >= 4 is 11.8 Å². The standard InChI is InChI=1S/C15H24N6O3/c1-10(2)11(3)21-13(5-7-17-21)19-15(22)16-9-12-18-14(24-20-12)6-8-23-4/h5,7,10-11H,6,8-9H2,1-4H3,(H2,16,19,22)/t11-/m0/s1. The quantitative estimate of drug-likeness (QED) is 0.763. The van der Waals surface area contributed by atoms with Gasteiger partial charge in [-0.25, -0.2) is 9.48 Å². The van der Waals surface area contributed by atoms with E-state index in [1.165, 1.54) is 0 Å². The van der Waals surface area contributed by atoms with Crippen molar-refractivity contribution in [3.63, 3.8) is 0 Å². The van der Waals surface area contributed by atoms with Crippen molar-refractivity contribution in [2.45, 2.75) is 39.8 Å². The first-order valence-electron chi connectivity index (χ1n) is 7.90. The van der Waals surface area contributed by atoms with Crippen molar-refractivity contribution in [2.24, 2.45) is 5.92 Å². The summed E-state index contributed by atoms with van der Waals surface area (Å²) in [6, 6.07) is 1.59. The number of hydrogen-bond acceptors (Lipinski definition) is 6. The number of carbonyl (C=O) groups excluding carboxylic acids is 1. The number of amides is 2. The van der Waals surface area contributed by atoms with Crippen molar-refractivity contribution in [3.8, 4) is 0 Å². The van der Waals surface area contributed by atoms with Crippen LogP contribution in [0.3, 0.4) is 0 Å². The van der Waals surface area contributed by atoms with Gasteiger partial charge in [0.2, 0.25) is 5.89 Å². The molecule has 1 atom stereocenters. The number of rotatable bonds is 8. The SMILES string of the molecule is COCCc1nc(CNC(=O)Nc2ccnn2[C@@H](C)C(C)C)no1. The molecule has 24 heavy (non-hydrogen) atoms. The molecule has 2 aromatic heterocycles. The Bertz CT molecular complexity index is 651. The molecule has 2 rings (SSSR count). The molecule has 0 aromatic carbocycles. The highest BCUT2D eigenvalue weighted by Gasteiger charge is 2.15. The molecule has 0 fully saturated rings. The molecule has 0 aliphatic rings. The maximum absolute atomic E-state index is 12.0. The number of nitrogens with one attached hydrogen (secondary N) is 2. The van der Waals surface area contributed by atoms with Gasteiger partial charge in [-0.05, 0) is 12.8 Å². The minimum atomic E-state index is -0.351. The summed E-state index contributed by atoms with van der Waals surface area (Å²) < 4.78 is 11.8. The second-order valence-electron chi connectivity index (χ2n) is 5.80. The van der Waals surface area contributed by atoms with Gasteiger partial charge < -0.3 is 14.6 Å². The molecule has 0 aliphatic heterocycles. The van der Waals surface area contributed by atoms with E-state index in [4.69, 9.17) is 9.26 Å². The summed E-state index contributed by atoms with van der Waals surface area (Å²) in [5.41, 5.74) is 0. The fourth-order valence-electron chi connectivity index (χ4n) is 1.99. The number of methoxy groups -OCH3 is 1. The first-order chi connectivity index (χ1) is 11.5. The number of urea groups is 1. The van der Waals surface area contributed by atoms with E-state index in [9.17, 15) is 4.79 Å². The van der Waals surface area contributed by atoms with E-state index in [1.54, 1.807) is 24.1 Å². The summed E-state index contributed by atoms with van der Waals surface area (Å²) in [5.74, 6) is 1.94. The van der Waals surface area contributed by atoms with Gasteiger partial charge in [-0.2, -0.15) is 10.1 Å². The van der Waals surface area contributed by atoms with E-state index >= 15 is 0 Å². The van der Waals surface area contributed by atoms with Crippen LogP contribution >= 0.6 is 0 Å². The fraction of sp³-hybridized carbons (Fsp3) is 0.600. The maximum atomic E-state index is 12.0.